The second kappa shape index (κ2) is 12.0. The van der Waals surface area contributed by atoms with E-state index in [-0.39, 0.29) is 0 Å². The summed E-state index contributed by atoms with van der Waals surface area (Å²) in [4.78, 5) is 2.31. The highest BCUT2D eigenvalue weighted by molar-refractivity contribution is 7.99. The zero-order valence-corrected chi connectivity index (χ0v) is 17.1. The molecule has 0 unspecified atom stereocenters. The Bertz CT molecular complexity index is 680. The van der Waals surface area contributed by atoms with Crippen LogP contribution >= 0.6 is 11.8 Å². The minimum atomic E-state index is -0.469. The van der Waals surface area contributed by atoms with E-state index in [1.54, 1.807) is 0 Å². The summed E-state index contributed by atoms with van der Waals surface area (Å²) in [5.74, 6) is 4.01. The Morgan fingerprint density at radius 2 is 1.75 bits per heavy atom. The van der Waals surface area contributed by atoms with E-state index in [0.717, 1.165) is 48.2 Å². The van der Waals surface area contributed by atoms with Crippen molar-refractivity contribution in [3.63, 3.8) is 0 Å². The molecule has 0 saturated carbocycles. The van der Waals surface area contributed by atoms with E-state index in [2.05, 4.69) is 16.3 Å². The summed E-state index contributed by atoms with van der Waals surface area (Å²) >= 11 is 1.98. The summed E-state index contributed by atoms with van der Waals surface area (Å²) in [5, 5.41) is 13.7. The van der Waals surface area contributed by atoms with Crippen LogP contribution in [0.2, 0.25) is 0 Å². The van der Waals surface area contributed by atoms with Crippen molar-refractivity contribution in [2.45, 2.75) is 12.6 Å². The Labute approximate surface area is 172 Å². The summed E-state index contributed by atoms with van der Waals surface area (Å²) in [6, 6.07) is 17.8. The highest BCUT2D eigenvalue weighted by Crippen LogP contribution is 2.18. The number of para-hydroxylation sites is 2. The number of aliphatic hydroxyl groups excluding tert-OH is 1. The van der Waals surface area contributed by atoms with Crippen LogP contribution in [0.25, 0.3) is 0 Å². The lowest BCUT2D eigenvalue weighted by Crippen LogP contribution is -2.40. The molecule has 1 aliphatic heterocycles. The number of nitrogens with one attached hydrogen (secondary N) is 1. The van der Waals surface area contributed by atoms with Crippen molar-refractivity contribution in [1.29, 1.82) is 0 Å². The molecule has 1 saturated heterocycles. The summed E-state index contributed by atoms with van der Waals surface area (Å²) in [6.45, 7) is 5.16. The molecule has 0 bridgehead atoms. The Hall–Kier alpha value is -1.73. The number of rotatable bonds is 11. The van der Waals surface area contributed by atoms with Crippen molar-refractivity contribution in [3.8, 4) is 11.5 Å². The Kier molecular flexibility index (Phi) is 8.97. The standard InChI is InChI=1S/C22H30N2O3S/c25-20(17-24-11-14-28-15-12-24)18-27-22-9-5-4-6-19(22)16-23-10-13-26-21-7-2-1-3-8-21/h1-9,20,23,25H,10-18H2/t20-/m1/s1. The van der Waals surface area contributed by atoms with E-state index < -0.39 is 6.10 Å². The molecule has 0 amide bonds. The van der Waals surface area contributed by atoms with E-state index >= 15 is 0 Å². The van der Waals surface area contributed by atoms with Gasteiger partial charge >= 0.3 is 0 Å². The number of β-amino-alcohol motifs (C(OH)–C–C–N with tert-alkyl or cyclic N) is 1. The van der Waals surface area contributed by atoms with Crippen LogP contribution in [0, 0.1) is 0 Å². The van der Waals surface area contributed by atoms with Gasteiger partial charge < -0.3 is 19.9 Å². The topological polar surface area (TPSA) is 54.0 Å². The summed E-state index contributed by atoms with van der Waals surface area (Å²) in [6.07, 6.45) is -0.469. The zero-order valence-electron chi connectivity index (χ0n) is 16.3. The van der Waals surface area contributed by atoms with Gasteiger partial charge in [0.25, 0.3) is 0 Å². The van der Waals surface area contributed by atoms with Gasteiger partial charge in [-0.05, 0) is 18.2 Å². The SMILES string of the molecule is O[C@@H](COc1ccccc1CNCCOc1ccccc1)CN1CCSCC1. The largest absolute Gasteiger partial charge is 0.492 e. The van der Waals surface area contributed by atoms with Gasteiger partial charge in [-0.25, -0.2) is 0 Å². The monoisotopic (exact) mass is 402 g/mol. The molecule has 2 aromatic carbocycles. The summed E-state index contributed by atoms with van der Waals surface area (Å²) < 4.78 is 11.6. The molecule has 6 heteroatoms. The van der Waals surface area contributed by atoms with Crippen molar-refractivity contribution in [2.75, 3.05) is 50.9 Å². The fourth-order valence-corrected chi connectivity index (χ4v) is 4.07. The lowest BCUT2D eigenvalue weighted by atomic mass is 10.2. The van der Waals surface area contributed by atoms with Crippen LogP contribution in [-0.2, 0) is 6.54 Å². The third-order valence-electron chi connectivity index (χ3n) is 4.58. The molecule has 0 spiro atoms. The Morgan fingerprint density at radius 3 is 2.57 bits per heavy atom. The molecular weight excluding hydrogens is 372 g/mol. The molecular formula is C22H30N2O3S. The molecule has 0 aliphatic carbocycles. The van der Waals surface area contributed by atoms with Crippen LogP contribution in [0.1, 0.15) is 5.56 Å². The number of nitrogens with zero attached hydrogens (tertiary/aromatic N) is 1. The molecule has 3 rings (SSSR count). The Morgan fingerprint density at radius 1 is 1.00 bits per heavy atom. The number of hydrogen-bond acceptors (Lipinski definition) is 6. The van der Waals surface area contributed by atoms with Crippen molar-refractivity contribution >= 4 is 11.8 Å². The fraction of sp³-hybridized carbons (Fsp3) is 0.455. The zero-order chi connectivity index (χ0) is 19.4. The number of ether oxygens (including phenoxy) is 2. The molecule has 0 radical (unpaired) electrons. The van der Waals surface area contributed by atoms with E-state index in [1.165, 1.54) is 0 Å². The smallest absolute Gasteiger partial charge is 0.123 e. The van der Waals surface area contributed by atoms with Crippen LogP contribution < -0.4 is 14.8 Å². The van der Waals surface area contributed by atoms with Gasteiger partial charge in [0.1, 0.15) is 30.8 Å². The van der Waals surface area contributed by atoms with Gasteiger partial charge in [0.15, 0.2) is 0 Å². The minimum absolute atomic E-state index is 0.317. The lowest BCUT2D eigenvalue weighted by molar-refractivity contribution is 0.0711. The molecule has 2 aromatic rings. The molecule has 0 aromatic heterocycles. The highest BCUT2D eigenvalue weighted by atomic mass is 32.2. The first-order valence-electron chi connectivity index (χ1n) is 9.89. The molecule has 152 valence electrons. The van der Waals surface area contributed by atoms with E-state index in [4.69, 9.17) is 9.47 Å². The van der Waals surface area contributed by atoms with Crippen LogP contribution in [-0.4, -0.2) is 67.0 Å². The quantitative estimate of drug-likeness (QED) is 0.564. The van der Waals surface area contributed by atoms with Crippen molar-refractivity contribution in [3.05, 3.63) is 60.2 Å². The fourth-order valence-electron chi connectivity index (χ4n) is 3.09. The number of aliphatic hydroxyl groups is 1. The number of benzene rings is 2. The van der Waals surface area contributed by atoms with Gasteiger partial charge in [-0.3, -0.25) is 4.90 Å². The average Bonchev–Trinajstić information content (AvgIpc) is 2.74. The normalized spacial score (nSPS) is 15.9. The predicted octanol–water partition coefficient (Wildman–Crippen LogP) is 2.64. The van der Waals surface area contributed by atoms with E-state index in [9.17, 15) is 5.11 Å². The number of hydrogen-bond donors (Lipinski definition) is 2. The molecule has 2 N–H and O–H groups in total. The third-order valence-corrected chi connectivity index (χ3v) is 5.53. The highest BCUT2D eigenvalue weighted by Gasteiger charge is 2.15. The molecule has 5 nitrogen and oxygen atoms in total. The van der Waals surface area contributed by atoms with Crippen molar-refractivity contribution in [2.24, 2.45) is 0 Å². The second-order valence-corrected chi connectivity index (χ2v) is 8.05. The van der Waals surface area contributed by atoms with E-state index in [0.29, 0.717) is 26.3 Å². The maximum atomic E-state index is 10.3. The van der Waals surface area contributed by atoms with Crippen LogP contribution in [0.4, 0.5) is 0 Å². The summed E-state index contributed by atoms with van der Waals surface area (Å²) in [5.41, 5.74) is 1.09. The predicted molar refractivity (Wildman–Crippen MR) is 115 cm³/mol. The summed E-state index contributed by atoms with van der Waals surface area (Å²) in [7, 11) is 0. The lowest BCUT2D eigenvalue weighted by Gasteiger charge is -2.28. The van der Waals surface area contributed by atoms with Gasteiger partial charge in [0.2, 0.25) is 0 Å². The van der Waals surface area contributed by atoms with Gasteiger partial charge in [0, 0.05) is 49.8 Å². The maximum Gasteiger partial charge on any atom is 0.123 e. The van der Waals surface area contributed by atoms with Crippen LogP contribution in [0.15, 0.2) is 54.6 Å². The molecule has 1 heterocycles. The van der Waals surface area contributed by atoms with Crippen molar-refractivity contribution in [1.82, 2.24) is 10.2 Å². The molecule has 1 fully saturated rings. The van der Waals surface area contributed by atoms with Gasteiger partial charge in [-0.1, -0.05) is 36.4 Å². The van der Waals surface area contributed by atoms with Crippen LogP contribution in [0.3, 0.4) is 0 Å². The van der Waals surface area contributed by atoms with Gasteiger partial charge in [-0.15, -0.1) is 0 Å². The molecule has 1 aliphatic rings. The molecule has 28 heavy (non-hydrogen) atoms. The van der Waals surface area contributed by atoms with E-state index in [1.807, 2.05) is 60.3 Å². The molecule has 1 atom stereocenters. The second-order valence-electron chi connectivity index (χ2n) is 6.82. The van der Waals surface area contributed by atoms with Crippen molar-refractivity contribution < 1.29 is 14.6 Å². The average molecular weight is 403 g/mol. The first-order chi connectivity index (χ1) is 13.8. The maximum absolute atomic E-state index is 10.3. The van der Waals surface area contributed by atoms with Gasteiger partial charge in [0.05, 0.1) is 0 Å². The minimum Gasteiger partial charge on any atom is -0.492 e. The van der Waals surface area contributed by atoms with Gasteiger partial charge in [-0.2, -0.15) is 11.8 Å². The number of thioether (sulfide) groups is 1. The first-order valence-corrected chi connectivity index (χ1v) is 11.0. The first kappa shape index (κ1) is 21.0. The Balaban J connectivity index is 1.37. The third kappa shape index (κ3) is 7.36. The van der Waals surface area contributed by atoms with Crippen LogP contribution in [0.5, 0.6) is 11.5 Å².